The molecule has 104 valence electrons. The SMILES string of the molecule is Cc1nnc(-c2ccc(NCC(C)CN)nc2)o1.Cl. The second-order valence-electron chi connectivity index (χ2n) is 4.28. The maximum absolute atomic E-state index is 5.55. The van der Waals surface area contributed by atoms with E-state index in [4.69, 9.17) is 10.2 Å². The van der Waals surface area contributed by atoms with Gasteiger partial charge in [0.25, 0.3) is 0 Å². The topological polar surface area (TPSA) is 89.9 Å². The van der Waals surface area contributed by atoms with Crippen LogP contribution in [-0.2, 0) is 0 Å². The highest BCUT2D eigenvalue weighted by atomic mass is 35.5. The zero-order valence-corrected chi connectivity index (χ0v) is 11.8. The third kappa shape index (κ3) is 4.18. The quantitative estimate of drug-likeness (QED) is 0.871. The van der Waals surface area contributed by atoms with E-state index < -0.39 is 0 Å². The molecule has 3 N–H and O–H groups in total. The molecule has 0 aliphatic rings. The van der Waals surface area contributed by atoms with Crippen molar-refractivity contribution in [1.82, 2.24) is 15.2 Å². The van der Waals surface area contributed by atoms with Crippen molar-refractivity contribution < 1.29 is 4.42 Å². The van der Waals surface area contributed by atoms with E-state index >= 15 is 0 Å². The molecule has 7 heteroatoms. The predicted molar refractivity (Wildman–Crippen MR) is 76.2 cm³/mol. The molecule has 2 aromatic heterocycles. The van der Waals surface area contributed by atoms with E-state index in [0.717, 1.165) is 17.9 Å². The Morgan fingerprint density at radius 3 is 2.68 bits per heavy atom. The van der Waals surface area contributed by atoms with Gasteiger partial charge < -0.3 is 15.5 Å². The summed E-state index contributed by atoms with van der Waals surface area (Å²) in [7, 11) is 0. The maximum atomic E-state index is 5.55. The summed E-state index contributed by atoms with van der Waals surface area (Å²) in [4.78, 5) is 4.29. The first kappa shape index (κ1) is 15.4. The van der Waals surface area contributed by atoms with Crippen LogP contribution in [0.25, 0.3) is 11.5 Å². The van der Waals surface area contributed by atoms with Crippen molar-refractivity contribution >= 4 is 18.2 Å². The summed E-state index contributed by atoms with van der Waals surface area (Å²) < 4.78 is 5.33. The van der Waals surface area contributed by atoms with Gasteiger partial charge >= 0.3 is 0 Å². The Kier molecular flexibility index (Phi) is 5.72. The first-order valence-corrected chi connectivity index (χ1v) is 5.89. The minimum absolute atomic E-state index is 0. The summed E-state index contributed by atoms with van der Waals surface area (Å²) in [5.41, 5.74) is 6.36. The Hall–Kier alpha value is -1.66. The molecule has 19 heavy (non-hydrogen) atoms. The Morgan fingerprint density at radius 2 is 2.16 bits per heavy atom. The van der Waals surface area contributed by atoms with Crippen LogP contribution in [0.5, 0.6) is 0 Å². The van der Waals surface area contributed by atoms with Gasteiger partial charge in [-0.15, -0.1) is 22.6 Å². The number of nitrogens with zero attached hydrogens (tertiary/aromatic N) is 3. The van der Waals surface area contributed by atoms with Gasteiger partial charge in [-0.2, -0.15) is 0 Å². The van der Waals surface area contributed by atoms with Crippen molar-refractivity contribution in [3.05, 3.63) is 24.2 Å². The Bertz CT molecular complexity index is 499. The van der Waals surface area contributed by atoms with E-state index in [1.807, 2.05) is 12.1 Å². The Morgan fingerprint density at radius 1 is 1.37 bits per heavy atom. The number of rotatable bonds is 5. The zero-order valence-electron chi connectivity index (χ0n) is 11.0. The van der Waals surface area contributed by atoms with Crippen LogP contribution in [-0.4, -0.2) is 28.3 Å². The van der Waals surface area contributed by atoms with Crippen molar-refractivity contribution in [2.24, 2.45) is 11.7 Å². The van der Waals surface area contributed by atoms with E-state index in [1.165, 1.54) is 0 Å². The minimum atomic E-state index is 0. The fourth-order valence-electron chi connectivity index (χ4n) is 1.40. The average molecular weight is 284 g/mol. The number of hydrogen-bond donors (Lipinski definition) is 2. The first-order chi connectivity index (χ1) is 8.69. The minimum Gasteiger partial charge on any atom is -0.421 e. The number of hydrogen-bond acceptors (Lipinski definition) is 6. The summed E-state index contributed by atoms with van der Waals surface area (Å²) >= 11 is 0. The number of anilines is 1. The fraction of sp³-hybridized carbons (Fsp3) is 0.417. The van der Waals surface area contributed by atoms with Crippen LogP contribution < -0.4 is 11.1 Å². The largest absolute Gasteiger partial charge is 0.421 e. The molecule has 6 nitrogen and oxygen atoms in total. The van der Waals surface area contributed by atoms with E-state index in [1.54, 1.807) is 13.1 Å². The molecule has 0 aromatic carbocycles. The van der Waals surface area contributed by atoms with Crippen molar-refractivity contribution in [2.45, 2.75) is 13.8 Å². The van der Waals surface area contributed by atoms with Crippen LogP contribution >= 0.6 is 12.4 Å². The molecule has 2 aromatic rings. The third-order valence-corrected chi connectivity index (χ3v) is 2.57. The molecule has 0 bridgehead atoms. The predicted octanol–water partition coefficient (Wildman–Crippen LogP) is 1.87. The van der Waals surface area contributed by atoms with E-state index in [9.17, 15) is 0 Å². The van der Waals surface area contributed by atoms with Crippen LogP contribution in [0.15, 0.2) is 22.7 Å². The molecule has 1 atom stereocenters. The Balaban J connectivity index is 0.00000180. The second kappa shape index (κ2) is 7.06. The molecule has 0 aliphatic heterocycles. The molecule has 0 spiro atoms. The number of nitrogens with one attached hydrogen (secondary N) is 1. The molecule has 0 fully saturated rings. The summed E-state index contributed by atoms with van der Waals surface area (Å²) in [6.07, 6.45) is 1.71. The third-order valence-electron chi connectivity index (χ3n) is 2.57. The Labute approximate surface area is 118 Å². The van der Waals surface area contributed by atoms with Gasteiger partial charge in [0.05, 0.1) is 5.56 Å². The smallest absolute Gasteiger partial charge is 0.249 e. The molecular weight excluding hydrogens is 266 g/mol. The number of pyridine rings is 1. The molecule has 2 heterocycles. The molecule has 0 saturated heterocycles. The zero-order chi connectivity index (χ0) is 13.0. The van der Waals surface area contributed by atoms with Crippen LogP contribution in [0.3, 0.4) is 0 Å². The molecule has 0 aliphatic carbocycles. The summed E-state index contributed by atoms with van der Waals surface area (Å²) in [5, 5.41) is 10.9. The van der Waals surface area contributed by atoms with Gasteiger partial charge in [0.15, 0.2) is 0 Å². The highest BCUT2D eigenvalue weighted by molar-refractivity contribution is 5.85. The number of nitrogens with two attached hydrogens (primary N) is 1. The number of aryl methyl sites for hydroxylation is 1. The summed E-state index contributed by atoms with van der Waals surface area (Å²) in [6, 6.07) is 3.79. The van der Waals surface area contributed by atoms with Gasteiger partial charge in [-0.1, -0.05) is 6.92 Å². The number of aromatic nitrogens is 3. The lowest BCUT2D eigenvalue weighted by Crippen LogP contribution is -2.20. The van der Waals surface area contributed by atoms with Gasteiger partial charge in [-0.25, -0.2) is 4.98 Å². The molecule has 0 radical (unpaired) electrons. The van der Waals surface area contributed by atoms with Crippen molar-refractivity contribution in [2.75, 3.05) is 18.4 Å². The molecule has 2 rings (SSSR count). The average Bonchev–Trinajstić information content (AvgIpc) is 2.83. The molecule has 0 amide bonds. The van der Waals surface area contributed by atoms with Crippen LogP contribution in [0.1, 0.15) is 12.8 Å². The highest BCUT2D eigenvalue weighted by Gasteiger charge is 2.06. The monoisotopic (exact) mass is 283 g/mol. The van der Waals surface area contributed by atoms with Gasteiger partial charge in [0, 0.05) is 19.7 Å². The van der Waals surface area contributed by atoms with Crippen LogP contribution in [0.2, 0.25) is 0 Å². The molecular formula is C12H18ClN5O. The van der Waals surface area contributed by atoms with Crippen LogP contribution in [0, 0.1) is 12.8 Å². The fourth-order valence-corrected chi connectivity index (χ4v) is 1.40. The standard InChI is InChI=1S/C12H17N5O.ClH/c1-8(5-13)6-14-11-4-3-10(7-15-11)12-17-16-9(2)18-12;/h3-4,7-8H,5-6,13H2,1-2H3,(H,14,15);1H. The van der Waals surface area contributed by atoms with Gasteiger partial charge in [0.2, 0.25) is 11.8 Å². The van der Waals surface area contributed by atoms with Crippen molar-refractivity contribution in [3.8, 4) is 11.5 Å². The normalized spacial score (nSPS) is 11.7. The number of halogens is 1. The van der Waals surface area contributed by atoms with Gasteiger partial charge in [-0.05, 0) is 24.6 Å². The first-order valence-electron chi connectivity index (χ1n) is 5.89. The lowest BCUT2D eigenvalue weighted by Gasteiger charge is -2.10. The highest BCUT2D eigenvalue weighted by Crippen LogP contribution is 2.17. The van der Waals surface area contributed by atoms with E-state index in [-0.39, 0.29) is 12.4 Å². The lowest BCUT2D eigenvalue weighted by atomic mass is 10.2. The van der Waals surface area contributed by atoms with Gasteiger partial charge in [0.1, 0.15) is 5.82 Å². The lowest BCUT2D eigenvalue weighted by molar-refractivity contribution is 0.532. The second-order valence-corrected chi connectivity index (χ2v) is 4.28. The van der Waals surface area contributed by atoms with Crippen molar-refractivity contribution in [3.63, 3.8) is 0 Å². The summed E-state index contributed by atoms with van der Waals surface area (Å²) in [5.74, 6) is 2.27. The van der Waals surface area contributed by atoms with Crippen LogP contribution in [0.4, 0.5) is 5.82 Å². The molecule has 1 unspecified atom stereocenters. The molecule has 0 saturated carbocycles. The van der Waals surface area contributed by atoms with E-state index in [2.05, 4.69) is 27.4 Å². The van der Waals surface area contributed by atoms with E-state index in [0.29, 0.717) is 24.2 Å². The summed E-state index contributed by atoms with van der Waals surface area (Å²) in [6.45, 7) is 5.31. The maximum Gasteiger partial charge on any atom is 0.249 e. The van der Waals surface area contributed by atoms with Crippen molar-refractivity contribution in [1.29, 1.82) is 0 Å². The van der Waals surface area contributed by atoms with Gasteiger partial charge in [-0.3, -0.25) is 0 Å².